The van der Waals surface area contributed by atoms with E-state index >= 15 is 0 Å². The summed E-state index contributed by atoms with van der Waals surface area (Å²) in [5.41, 5.74) is 2.21. The number of aromatic nitrogens is 4. The molecule has 1 aliphatic heterocycles. The molecule has 2 N–H and O–H groups in total. The number of rotatable bonds is 6. The van der Waals surface area contributed by atoms with Gasteiger partial charge >= 0.3 is 0 Å². The van der Waals surface area contributed by atoms with Gasteiger partial charge in [0.1, 0.15) is 12.0 Å². The van der Waals surface area contributed by atoms with Crippen molar-refractivity contribution in [3.8, 4) is 0 Å². The summed E-state index contributed by atoms with van der Waals surface area (Å²) >= 11 is 1.58. The van der Waals surface area contributed by atoms with Crippen LogP contribution in [0.2, 0.25) is 0 Å². The molecule has 2 atom stereocenters. The Kier molecular flexibility index (Phi) is 7.05. The molecule has 2 aromatic heterocycles. The molecule has 1 fully saturated rings. The van der Waals surface area contributed by atoms with Gasteiger partial charge in [0.2, 0.25) is 0 Å². The molecule has 9 nitrogen and oxygen atoms in total. The Bertz CT molecular complexity index is 1150. The lowest BCUT2D eigenvalue weighted by Gasteiger charge is -2.30. The molecule has 4 rings (SSSR count). The Morgan fingerprint density at radius 3 is 2.88 bits per heavy atom. The number of pyridine rings is 1. The first kappa shape index (κ1) is 22.9. The summed E-state index contributed by atoms with van der Waals surface area (Å²) in [4.78, 5) is 31.4. The number of β-amino-alcohol motifs (C(OH)–C–C–N with tert-alkyl or cyclic N) is 1. The van der Waals surface area contributed by atoms with Gasteiger partial charge in [0.15, 0.2) is 5.16 Å². The van der Waals surface area contributed by atoms with Crippen LogP contribution in [0, 0.1) is 0 Å². The number of hydrogen-bond acceptors (Lipinski definition) is 7. The Balaban J connectivity index is 1.44. The van der Waals surface area contributed by atoms with Crippen LogP contribution in [-0.2, 0) is 7.05 Å². The highest BCUT2D eigenvalue weighted by atomic mass is 32.2. The smallest absolute Gasteiger partial charge is 0.274 e. The predicted molar refractivity (Wildman–Crippen MR) is 125 cm³/mol. The molecule has 0 saturated carbocycles. The molecule has 2 amide bonds. The highest BCUT2D eigenvalue weighted by Gasteiger charge is 2.24. The minimum atomic E-state index is -0.506. The second kappa shape index (κ2) is 10.1. The van der Waals surface area contributed by atoms with Crippen LogP contribution in [0.5, 0.6) is 0 Å². The number of anilines is 1. The Hall–Kier alpha value is -3.24. The van der Waals surface area contributed by atoms with Gasteiger partial charge in [0.25, 0.3) is 11.8 Å². The molecule has 0 bridgehead atoms. The average Bonchev–Trinajstić information content (AvgIpc) is 3.23. The van der Waals surface area contributed by atoms with Crippen LogP contribution in [-0.4, -0.2) is 60.8 Å². The largest absolute Gasteiger partial charge is 0.391 e. The summed E-state index contributed by atoms with van der Waals surface area (Å²) in [6, 6.07) is 10.7. The van der Waals surface area contributed by atoms with Gasteiger partial charge < -0.3 is 19.9 Å². The van der Waals surface area contributed by atoms with Gasteiger partial charge in [-0.05, 0) is 49.6 Å². The van der Waals surface area contributed by atoms with E-state index in [4.69, 9.17) is 0 Å². The zero-order chi connectivity index (χ0) is 23.4. The summed E-state index contributed by atoms with van der Waals surface area (Å²) < 4.78 is 1.86. The van der Waals surface area contributed by atoms with Crippen molar-refractivity contribution in [3.63, 3.8) is 0 Å². The van der Waals surface area contributed by atoms with Crippen LogP contribution in [0.3, 0.4) is 0 Å². The number of benzene rings is 1. The number of carbonyl (C=O) groups is 2. The summed E-state index contributed by atoms with van der Waals surface area (Å²) in [5.74, 6) is -0.601. The SMILES string of the molecule is C[C@H](Sc1nncn1C)c1cccc(NC(=O)c2cc(C(=O)N3CCC[C@@H](O)C3)ccn2)c1. The van der Waals surface area contributed by atoms with Gasteiger partial charge in [0.05, 0.1) is 6.10 Å². The topological polar surface area (TPSA) is 113 Å². The number of aryl methyl sites for hydroxylation is 1. The maximum Gasteiger partial charge on any atom is 0.274 e. The molecule has 1 aromatic carbocycles. The highest BCUT2D eigenvalue weighted by molar-refractivity contribution is 7.99. The number of aliphatic hydroxyl groups excluding tert-OH is 1. The number of hydrogen-bond donors (Lipinski definition) is 2. The van der Waals surface area contributed by atoms with Gasteiger partial charge in [-0.15, -0.1) is 10.2 Å². The number of nitrogens with one attached hydrogen (secondary N) is 1. The molecule has 172 valence electrons. The fourth-order valence-corrected chi connectivity index (χ4v) is 4.59. The van der Waals surface area contributed by atoms with Gasteiger partial charge in [-0.25, -0.2) is 0 Å². The quantitative estimate of drug-likeness (QED) is 0.537. The molecule has 10 heteroatoms. The van der Waals surface area contributed by atoms with Crippen LogP contribution in [0.4, 0.5) is 5.69 Å². The van der Waals surface area contributed by atoms with E-state index in [2.05, 4.69) is 27.4 Å². The third-order valence-corrected chi connectivity index (χ3v) is 6.70. The van der Waals surface area contributed by atoms with E-state index in [1.807, 2.05) is 35.9 Å². The average molecular weight is 467 g/mol. The van der Waals surface area contributed by atoms with Gasteiger partial charge in [-0.1, -0.05) is 23.9 Å². The zero-order valence-electron chi connectivity index (χ0n) is 18.5. The van der Waals surface area contributed by atoms with E-state index in [1.165, 1.54) is 12.3 Å². The number of carbonyl (C=O) groups excluding carboxylic acids is 2. The van der Waals surface area contributed by atoms with E-state index in [9.17, 15) is 14.7 Å². The number of amides is 2. The molecule has 0 spiro atoms. The third kappa shape index (κ3) is 5.58. The highest BCUT2D eigenvalue weighted by Crippen LogP contribution is 2.34. The van der Waals surface area contributed by atoms with E-state index in [1.54, 1.807) is 29.1 Å². The molecular weight excluding hydrogens is 440 g/mol. The maximum absolute atomic E-state index is 12.8. The third-order valence-electron chi connectivity index (χ3n) is 5.49. The molecule has 1 aliphatic rings. The van der Waals surface area contributed by atoms with E-state index in [0.29, 0.717) is 30.8 Å². The Morgan fingerprint density at radius 1 is 1.27 bits per heavy atom. The van der Waals surface area contributed by atoms with E-state index < -0.39 is 12.0 Å². The molecule has 33 heavy (non-hydrogen) atoms. The van der Waals surface area contributed by atoms with Crippen LogP contribution in [0.15, 0.2) is 54.1 Å². The van der Waals surface area contributed by atoms with Crippen LogP contribution >= 0.6 is 11.8 Å². The molecule has 3 heterocycles. The normalized spacial score (nSPS) is 16.9. The second-order valence-electron chi connectivity index (χ2n) is 8.04. The van der Waals surface area contributed by atoms with Crippen molar-refractivity contribution in [1.82, 2.24) is 24.6 Å². The molecule has 0 unspecified atom stereocenters. The van der Waals surface area contributed by atoms with Crippen LogP contribution < -0.4 is 5.32 Å². The molecule has 0 aliphatic carbocycles. The first-order valence-corrected chi connectivity index (χ1v) is 11.6. The lowest BCUT2D eigenvalue weighted by Crippen LogP contribution is -2.42. The number of thioether (sulfide) groups is 1. The van der Waals surface area contributed by atoms with Crippen LogP contribution in [0.25, 0.3) is 0 Å². The fourth-order valence-electron chi connectivity index (χ4n) is 3.68. The Labute approximate surface area is 196 Å². The molecule has 0 radical (unpaired) electrons. The number of nitrogens with zero attached hydrogens (tertiary/aromatic N) is 5. The maximum atomic E-state index is 12.8. The van der Waals surface area contributed by atoms with Gasteiger partial charge in [-0.2, -0.15) is 0 Å². The first-order valence-electron chi connectivity index (χ1n) is 10.8. The van der Waals surface area contributed by atoms with Gasteiger partial charge in [0, 0.05) is 42.8 Å². The predicted octanol–water partition coefficient (Wildman–Crippen LogP) is 2.91. The minimum Gasteiger partial charge on any atom is -0.391 e. The van der Waals surface area contributed by atoms with Crippen molar-refractivity contribution in [2.45, 2.75) is 36.3 Å². The van der Waals surface area contributed by atoms with Crippen molar-refractivity contribution in [2.24, 2.45) is 7.05 Å². The summed E-state index contributed by atoms with van der Waals surface area (Å²) in [6.45, 7) is 2.96. The summed E-state index contributed by atoms with van der Waals surface area (Å²) in [7, 11) is 1.89. The van der Waals surface area contributed by atoms with Crippen molar-refractivity contribution in [1.29, 1.82) is 0 Å². The second-order valence-corrected chi connectivity index (χ2v) is 9.35. The lowest BCUT2D eigenvalue weighted by atomic mass is 10.1. The molecular formula is C23H26N6O3S. The lowest BCUT2D eigenvalue weighted by molar-refractivity contribution is 0.0473. The Morgan fingerprint density at radius 2 is 2.12 bits per heavy atom. The first-order chi connectivity index (χ1) is 15.9. The van der Waals surface area contributed by atoms with Crippen LogP contribution in [0.1, 0.15) is 51.4 Å². The fraction of sp³-hybridized carbons (Fsp3) is 0.348. The number of likely N-dealkylation sites (tertiary alicyclic amines) is 1. The van der Waals surface area contributed by atoms with Crippen molar-refractivity contribution >= 4 is 29.3 Å². The van der Waals surface area contributed by atoms with E-state index in [-0.39, 0.29) is 16.9 Å². The minimum absolute atomic E-state index is 0.101. The van der Waals surface area contributed by atoms with Crippen molar-refractivity contribution in [2.75, 3.05) is 18.4 Å². The van der Waals surface area contributed by atoms with Gasteiger partial charge in [-0.3, -0.25) is 14.6 Å². The zero-order valence-corrected chi connectivity index (χ0v) is 19.3. The van der Waals surface area contributed by atoms with Crippen molar-refractivity contribution < 1.29 is 14.7 Å². The molecule has 3 aromatic rings. The number of aliphatic hydroxyl groups is 1. The standard InChI is InChI=1S/C23H26N6O3S/c1-15(33-23-27-25-14-28(23)2)16-5-3-6-18(11-16)26-21(31)20-12-17(8-9-24-20)22(32)29-10-4-7-19(30)13-29/h3,5-6,8-9,11-12,14-15,19,30H,4,7,10,13H2,1-2H3,(H,26,31)/t15-,19+/m0/s1. The molecule has 1 saturated heterocycles. The summed E-state index contributed by atoms with van der Waals surface area (Å²) in [6.07, 6.45) is 4.06. The summed E-state index contributed by atoms with van der Waals surface area (Å²) in [5, 5.41) is 21.6. The number of piperidine rings is 1. The monoisotopic (exact) mass is 466 g/mol. The van der Waals surface area contributed by atoms with E-state index in [0.717, 1.165) is 17.1 Å². The van der Waals surface area contributed by atoms with Crippen molar-refractivity contribution in [3.05, 3.63) is 65.7 Å².